The van der Waals surface area contributed by atoms with E-state index in [2.05, 4.69) is 15.5 Å². The van der Waals surface area contributed by atoms with Crippen molar-refractivity contribution in [2.45, 2.75) is 18.5 Å². The molecule has 2 aromatic rings. The fourth-order valence-electron chi connectivity index (χ4n) is 1.68. The van der Waals surface area contributed by atoms with Gasteiger partial charge in [-0.3, -0.25) is 4.79 Å². The normalized spacial score (nSPS) is 10.5. The van der Waals surface area contributed by atoms with Crippen LogP contribution >= 0.6 is 11.8 Å². The number of amides is 1. The lowest BCUT2D eigenvalue weighted by molar-refractivity contribution is -0.115. The fourth-order valence-corrected chi connectivity index (χ4v) is 2.50. The number of aryl methyl sites for hydroxylation is 2. The van der Waals surface area contributed by atoms with E-state index in [-0.39, 0.29) is 5.91 Å². The molecule has 0 aliphatic carbocycles. The van der Waals surface area contributed by atoms with E-state index in [1.165, 1.54) is 11.8 Å². The van der Waals surface area contributed by atoms with E-state index >= 15 is 0 Å². The molecule has 0 radical (unpaired) electrons. The summed E-state index contributed by atoms with van der Waals surface area (Å²) in [4.78, 5) is 11.9. The summed E-state index contributed by atoms with van der Waals surface area (Å²) in [6.07, 6.45) is 2.06. The maximum absolute atomic E-state index is 11.9. The van der Waals surface area contributed by atoms with Crippen molar-refractivity contribution in [2.75, 3.05) is 16.8 Å². The molecule has 1 heterocycles. The summed E-state index contributed by atoms with van der Waals surface area (Å²) in [7, 11) is 1.88. The minimum Gasteiger partial charge on any atom is -0.399 e. The van der Waals surface area contributed by atoms with E-state index in [9.17, 15) is 4.79 Å². The Balaban J connectivity index is 1.82. The van der Waals surface area contributed by atoms with Gasteiger partial charge in [0.25, 0.3) is 0 Å². The lowest BCUT2D eigenvalue weighted by Gasteiger charge is -2.08. The minimum absolute atomic E-state index is 0.0208. The van der Waals surface area contributed by atoms with Crippen LogP contribution in [0, 0.1) is 6.92 Å². The predicted octanol–water partition coefficient (Wildman–Crippen LogP) is 1.83. The van der Waals surface area contributed by atoms with Crippen molar-refractivity contribution in [1.82, 2.24) is 14.8 Å². The zero-order valence-electron chi connectivity index (χ0n) is 11.5. The van der Waals surface area contributed by atoms with Crippen LogP contribution in [0.4, 0.5) is 11.4 Å². The van der Waals surface area contributed by atoms with E-state index in [0.717, 1.165) is 16.4 Å². The van der Waals surface area contributed by atoms with Gasteiger partial charge in [-0.25, -0.2) is 0 Å². The number of hydrogen-bond acceptors (Lipinski definition) is 5. The monoisotopic (exact) mass is 291 g/mol. The molecule has 7 heteroatoms. The van der Waals surface area contributed by atoms with Crippen LogP contribution in [0.3, 0.4) is 0 Å². The summed E-state index contributed by atoms with van der Waals surface area (Å²) in [5.74, 6) is 0.638. The average Bonchev–Trinajstić information content (AvgIpc) is 2.79. The summed E-state index contributed by atoms with van der Waals surface area (Å²) >= 11 is 1.51. The van der Waals surface area contributed by atoms with Crippen molar-refractivity contribution in [2.24, 2.45) is 7.05 Å². The van der Waals surface area contributed by atoms with Crippen LogP contribution in [0.2, 0.25) is 0 Å². The van der Waals surface area contributed by atoms with E-state index in [4.69, 9.17) is 5.73 Å². The van der Waals surface area contributed by atoms with Crippen molar-refractivity contribution in [3.8, 4) is 0 Å². The Kier molecular flexibility index (Phi) is 4.62. The zero-order chi connectivity index (χ0) is 14.5. The number of hydrogen-bond donors (Lipinski definition) is 2. The molecule has 0 saturated carbocycles. The van der Waals surface area contributed by atoms with Gasteiger partial charge in [-0.05, 0) is 30.7 Å². The zero-order valence-corrected chi connectivity index (χ0v) is 12.3. The lowest BCUT2D eigenvalue weighted by atomic mass is 10.2. The highest BCUT2D eigenvalue weighted by Gasteiger charge is 2.07. The van der Waals surface area contributed by atoms with Crippen molar-refractivity contribution in [1.29, 1.82) is 0 Å². The second-order valence-corrected chi connectivity index (χ2v) is 5.51. The first-order valence-electron chi connectivity index (χ1n) is 6.19. The quantitative estimate of drug-likeness (QED) is 0.648. The second kappa shape index (κ2) is 6.42. The first-order valence-corrected chi connectivity index (χ1v) is 7.17. The Morgan fingerprint density at radius 3 is 2.95 bits per heavy atom. The molecule has 0 saturated heterocycles. The largest absolute Gasteiger partial charge is 0.399 e. The van der Waals surface area contributed by atoms with Gasteiger partial charge >= 0.3 is 0 Å². The highest BCUT2D eigenvalue weighted by atomic mass is 32.2. The van der Waals surface area contributed by atoms with Crippen molar-refractivity contribution >= 4 is 29.0 Å². The van der Waals surface area contributed by atoms with Gasteiger partial charge in [-0.2, -0.15) is 0 Å². The second-order valence-electron chi connectivity index (χ2n) is 4.45. The Bertz CT molecular complexity index is 611. The van der Waals surface area contributed by atoms with Crippen LogP contribution < -0.4 is 11.1 Å². The average molecular weight is 291 g/mol. The van der Waals surface area contributed by atoms with E-state index < -0.39 is 0 Å². The Morgan fingerprint density at radius 2 is 2.30 bits per heavy atom. The Morgan fingerprint density at radius 1 is 1.50 bits per heavy atom. The van der Waals surface area contributed by atoms with E-state index in [0.29, 0.717) is 17.9 Å². The number of carbonyl (C=O) groups excluding carboxylic acids is 1. The number of carbonyl (C=O) groups is 1. The Labute approximate surface area is 121 Å². The minimum atomic E-state index is -0.0208. The number of anilines is 2. The van der Waals surface area contributed by atoms with Crippen molar-refractivity contribution in [3.05, 3.63) is 30.1 Å². The molecule has 1 aromatic heterocycles. The number of rotatable bonds is 5. The molecule has 1 aromatic carbocycles. The van der Waals surface area contributed by atoms with Gasteiger partial charge in [-0.15, -0.1) is 10.2 Å². The molecular weight excluding hydrogens is 274 g/mol. The summed E-state index contributed by atoms with van der Waals surface area (Å²) in [6.45, 7) is 1.92. The molecule has 1 amide bonds. The smallest absolute Gasteiger partial charge is 0.225 e. The molecule has 106 valence electrons. The van der Waals surface area contributed by atoms with E-state index in [1.54, 1.807) is 12.4 Å². The molecular formula is C13H17N5OS. The van der Waals surface area contributed by atoms with Crippen LogP contribution in [0.1, 0.15) is 12.0 Å². The van der Waals surface area contributed by atoms with Gasteiger partial charge in [0.2, 0.25) is 5.91 Å². The van der Waals surface area contributed by atoms with Gasteiger partial charge in [0.15, 0.2) is 5.16 Å². The summed E-state index contributed by atoms with van der Waals surface area (Å²) in [5, 5.41) is 11.4. The van der Waals surface area contributed by atoms with Crippen LogP contribution in [0.15, 0.2) is 29.7 Å². The molecule has 0 unspecified atom stereocenters. The maximum atomic E-state index is 11.9. The first-order chi connectivity index (χ1) is 9.56. The Hall–Kier alpha value is -2.02. The molecule has 6 nitrogen and oxygen atoms in total. The molecule has 3 N–H and O–H groups in total. The predicted molar refractivity (Wildman–Crippen MR) is 80.6 cm³/mol. The van der Waals surface area contributed by atoms with E-state index in [1.807, 2.05) is 30.7 Å². The van der Waals surface area contributed by atoms with Gasteiger partial charge in [0.05, 0.1) is 0 Å². The molecule has 0 spiro atoms. The fraction of sp³-hybridized carbons (Fsp3) is 0.308. The number of nitrogens with two attached hydrogens (primary N) is 1. The van der Waals surface area contributed by atoms with Crippen LogP contribution in [0.5, 0.6) is 0 Å². The molecule has 20 heavy (non-hydrogen) atoms. The molecule has 0 fully saturated rings. The number of nitrogens with zero attached hydrogens (tertiary/aromatic N) is 3. The number of thioether (sulfide) groups is 1. The maximum Gasteiger partial charge on any atom is 0.225 e. The number of benzene rings is 1. The number of nitrogens with one attached hydrogen (secondary N) is 1. The lowest BCUT2D eigenvalue weighted by Crippen LogP contribution is -2.13. The third-order valence-electron chi connectivity index (χ3n) is 2.75. The van der Waals surface area contributed by atoms with Crippen molar-refractivity contribution in [3.63, 3.8) is 0 Å². The third kappa shape index (κ3) is 3.74. The molecule has 0 atom stereocenters. The summed E-state index contributed by atoms with van der Waals surface area (Å²) in [6, 6.07) is 5.43. The molecule has 2 rings (SSSR count). The van der Waals surface area contributed by atoms with Gasteiger partial charge in [0, 0.05) is 30.6 Å². The summed E-state index contributed by atoms with van der Waals surface area (Å²) < 4.78 is 1.83. The molecule has 0 bridgehead atoms. The number of nitrogen functional groups attached to an aromatic ring is 1. The van der Waals surface area contributed by atoms with Crippen LogP contribution in [0.25, 0.3) is 0 Å². The molecule has 0 aliphatic heterocycles. The highest BCUT2D eigenvalue weighted by Crippen LogP contribution is 2.19. The van der Waals surface area contributed by atoms with Crippen LogP contribution in [-0.4, -0.2) is 26.4 Å². The van der Waals surface area contributed by atoms with Crippen molar-refractivity contribution < 1.29 is 4.79 Å². The molecule has 0 aliphatic rings. The van der Waals surface area contributed by atoms with Crippen LogP contribution in [-0.2, 0) is 11.8 Å². The van der Waals surface area contributed by atoms with Gasteiger partial charge < -0.3 is 15.6 Å². The topological polar surface area (TPSA) is 85.8 Å². The van der Waals surface area contributed by atoms with Gasteiger partial charge in [-0.1, -0.05) is 11.8 Å². The van der Waals surface area contributed by atoms with Gasteiger partial charge in [0.1, 0.15) is 6.33 Å². The highest BCUT2D eigenvalue weighted by molar-refractivity contribution is 7.99. The summed E-state index contributed by atoms with van der Waals surface area (Å²) in [5.41, 5.74) is 8.13. The standard InChI is InChI=1S/C13H17N5OS/c1-9-7-10(14)3-4-11(9)16-12(19)5-6-20-13-17-15-8-18(13)2/h3-4,7-8H,5-6,14H2,1-2H3,(H,16,19). The number of aromatic nitrogens is 3. The third-order valence-corrected chi connectivity index (χ3v) is 3.79. The SMILES string of the molecule is Cc1cc(N)ccc1NC(=O)CCSc1nncn1C. The first kappa shape index (κ1) is 14.4.